The number of fused-ring (bicyclic) bond motifs is 1. The molecule has 2 aromatic rings. The van der Waals surface area contributed by atoms with Crippen molar-refractivity contribution in [2.75, 3.05) is 7.11 Å². The van der Waals surface area contributed by atoms with Crippen molar-refractivity contribution < 1.29 is 14.3 Å². The van der Waals surface area contributed by atoms with Crippen LogP contribution < -0.4 is 0 Å². The van der Waals surface area contributed by atoms with Gasteiger partial charge in [-0.3, -0.25) is 9.59 Å². The van der Waals surface area contributed by atoms with Crippen LogP contribution in [-0.2, 0) is 9.53 Å². The number of allylic oxidation sites excluding steroid dienone is 1. The van der Waals surface area contributed by atoms with Gasteiger partial charge < -0.3 is 4.74 Å². The van der Waals surface area contributed by atoms with E-state index in [1.165, 1.54) is 7.11 Å². The van der Waals surface area contributed by atoms with E-state index in [9.17, 15) is 9.59 Å². The lowest BCUT2D eigenvalue weighted by Gasteiger charge is -2.12. The number of rotatable bonds is 5. The molecule has 0 saturated carbocycles. The third-order valence-electron chi connectivity index (χ3n) is 3.24. The molecule has 3 heteroatoms. The zero-order chi connectivity index (χ0) is 14.5. The standard InChI is InChI=1S/C17H16O3/c1-3-6-15(17(19)20-2)16(18)14-10-9-12-7-4-5-8-13(12)11-14/h3-5,7-11,15H,1,6H2,2H3. The molecular formula is C17H16O3. The van der Waals surface area contributed by atoms with E-state index >= 15 is 0 Å². The summed E-state index contributed by atoms with van der Waals surface area (Å²) in [6.45, 7) is 3.58. The molecule has 0 saturated heterocycles. The Labute approximate surface area is 117 Å². The summed E-state index contributed by atoms with van der Waals surface area (Å²) in [5.74, 6) is -1.58. The number of benzene rings is 2. The predicted molar refractivity (Wildman–Crippen MR) is 78.6 cm³/mol. The quantitative estimate of drug-likeness (QED) is 0.361. The van der Waals surface area contributed by atoms with Gasteiger partial charge in [-0.25, -0.2) is 0 Å². The Bertz CT molecular complexity index is 658. The molecule has 0 N–H and O–H groups in total. The van der Waals surface area contributed by atoms with E-state index in [0.29, 0.717) is 5.56 Å². The molecule has 0 radical (unpaired) electrons. The molecule has 2 aromatic carbocycles. The second kappa shape index (κ2) is 6.15. The topological polar surface area (TPSA) is 43.4 Å². The monoisotopic (exact) mass is 268 g/mol. The van der Waals surface area contributed by atoms with Crippen LogP contribution >= 0.6 is 0 Å². The molecule has 0 aromatic heterocycles. The van der Waals surface area contributed by atoms with Crippen molar-refractivity contribution >= 4 is 22.5 Å². The van der Waals surface area contributed by atoms with Gasteiger partial charge in [-0.15, -0.1) is 6.58 Å². The van der Waals surface area contributed by atoms with E-state index in [2.05, 4.69) is 11.3 Å². The molecule has 0 heterocycles. The summed E-state index contributed by atoms with van der Waals surface area (Å²) in [7, 11) is 1.28. The van der Waals surface area contributed by atoms with E-state index in [1.807, 2.05) is 30.3 Å². The number of methoxy groups -OCH3 is 1. The largest absolute Gasteiger partial charge is 0.468 e. The van der Waals surface area contributed by atoms with Crippen molar-refractivity contribution in [3.63, 3.8) is 0 Å². The van der Waals surface area contributed by atoms with Crippen molar-refractivity contribution in [2.45, 2.75) is 6.42 Å². The number of hydrogen-bond acceptors (Lipinski definition) is 3. The molecule has 1 unspecified atom stereocenters. The van der Waals surface area contributed by atoms with Crippen LogP contribution in [0.15, 0.2) is 55.1 Å². The van der Waals surface area contributed by atoms with E-state index < -0.39 is 11.9 Å². The zero-order valence-corrected chi connectivity index (χ0v) is 11.3. The highest BCUT2D eigenvalue weighted by atomic mass is 16.5. The molecule has 0 aliphatic carbocycles. The zero-order valence-electron chi connectivity index (χ0n) is 11.3. The first-order valence-corrected chi connectivity index (χ1v) is 6.39. The highest BCUT2D eigenvalue weighted by Gasteiger charge is 2.27. The highest BCUT2D eigenvalue weighted by Crippen LogP contribution is 2.20. The second-order valence-corrected chi connectivity index (χ2v) is 4.53. The number of Topliss-reactive ketones (excluding diaryl/α,β-unsaturated/α-hetero) is 1. The van der Waals surface area contributed by atoms with Crippen LogP contribution in [0, 0.1) is 5.92 Å². The normalized spacial score (nSPS) is 11.8. The fourth-order valence-electron chi connectivity index (χ4n) is 2.16. The molecule has 0 spiro atoms. The van der Waals surface area contributed by atoms with Crippen LogP contribution in [0.4, 0.5) is 0 Å². The summed E-state index contributed by atoms with van der Waals surface area (Å²) < 4.78 is 4.69. The lowest BCUT2D eigenvalue weighted by atomic mass is 9.93. The minimum Gasteiger partial charge on any atom is -0.468 e. The third kappa shape index (κ3) is 2.77. The molecule has 3 nitrogen and oxygen atoms in total. The Balaban J connectivity index is 2.37. The highest BCUT2D eigenvalue weighted by molar-refractivity contribution is 6.10. The predicted octanol–water partition coefficient (Wildman–Crippen LogP) is 3.39. The van der Waals surface area contributed by atoms with Gasteiger partial charge in [0.05, 0.1) is 7.11 Å². The summed E-state index contributed by atoms with van der Waals surface area (Å²) >= 11 is 0. The van der Waals surface area contributed by atoms with Gasteiger partial charge in [-0.1, -0.05) is 42.5 Å². The van der Waals surface area contributed by atoms with Crippen LogP contribution in [0.1, 0.15) is 16.8 Å². The summed E-state index contributed by atoms with van der Waals surface area (Å²) in [6.07, 6.45) is 1.83. The Hall–Kier alpha value is -2.42. The SMILES string of the molecule is C=CCC(C(=O)OC)C(=O)c1ccc2ccccc2c1. The number of ketones is 1. The summed E-state index contributed by atoms with van der Waals surface area (Å²) in [5.41, 5.74) is 0.515. The summed E-state index contributed by atoms with van der Waals surface area (Å²) in [4.78, 5) is 24.1. The Morgan fingerprint density at radius 3 is 2.55 bits per heavy atom. The fourth-order valence-corrected chi connectivity index (χ4v) is 2.16. The van der Waals surface area contributed by atoms with Gasteiger partial charge in [0.1, 0.15) is 5.92 Å². The smallest absolute Gasteiger partial charge is 0.316 e. The molecule has 102 valence electrons. The average Bonchev–Trinajstić information content (AvgIpc) is 2.50. The summed E-state index contributed by atoms with van der Waals surface area (Å²) in [5, 5.41) is 2.03. The van der Waals surface area contributed by atoms with Gasteiger partial charge in [-0.2, -0.15) is 0 Å². The first-order valence-electron chi connectivity index (χ1n) is 6.39. The maximum absolute atomic E-state index is 12.4. The number of esters is 1. The fraction of sp³-hybridized carbons (Fsp3) is 0.176. The van der Waals surface area contributed by atoms with Crippen molar-refractivity contribution in [1.82, 2.24) is 0 Å². The van der Waals surface area contributed by atoms with Crippen molar-refractivity contribution in [3.8, 4) is 0 Å². The number of hydrogen-bond donors (Lipinski definition) is 0. The van der Waals surface area contributed by atoms with Crippen molar-refractivity contribution in [3.05, 3.63) is 60.7 Å². The number of ether oxygens (including phenoxy) is 1. The van der Waals surface area contributed by atoms with Gasteiger partial charge >= 0.3 is 5.97 Å². The van der Waals surface area contributed by atoms with Crippen LogP contribution in [0.2, 0.25) is 0 Å². The molecular weight excluding hydrogens is 252 g/mol. The van der Waals surface area contributed by atoms with Crippen molar-refractivity contribution in [1.29, 1.82) is 0 Å². The Morgan fingerprint density at radius 2 is 1.90 bits per heavy atom. The number of carbonyl (C=O) groups excluding carboxylic acids is 2. The van der Waals surface area contributed by atoms with Gasteiger partial charge in [0.15, 0.2) is 5.78 Å². The van der Waals surface area contributed by atoms with E-state index in [1.54, 1.807) is 18.2 Å². The van der Waals surface area contributed by atoms with Crippen LogP contribution in [0.3, 0.4) is 0 Å². The number of carbonyl (C=O) groups is 2. The average molecular weight is 268 g/mol. The first kappa shape index (κ1) is 14.0. The van der Waals surface area contributed by atoms with E-state index in [0.717, 1.165) is 10.8 Å². The lowest BCUT2D eigenvalue weighted by molar-refractivity contribution is -0.143. The molecule has 20 heavy (non-hydrogen) atoms. The molecule has 0 aliphatic rings. The maximum Gasteiger partial charge on any atom is 0.316 e. The molecule has 0 bridgehead atoms. The van der Waals surface area contributed by atoms with E-state index in [4.69, 9.17) is 0 Å². The molecule has 2 rings (SSSR count). The van der Waals surface area contributed by atoms with Gasteiger partial charge in [-0.05, 0) is 23.3 Å². The minimum atomic E-state index is -0.821. The first-order chi connectivity index (χ1) is 9.67. The van der Waals surface area contributed by atoms with Gasteiger partial charge in [0.25, 0.3) is 0 Å². The van der Waals surface area contributed by atoms with Gasteiger partial charge in [0, 0.05) is 5.56 Å². The summed E-state index contributed by atoms with van der Waals surface area (Å²) in [6, 6.07) is 13.2. The molecule has 0 fully saturated rings. The van der Waals surface area contributed by atoms with Crippen LogP contribution in [0.25, 0.3) is 10.8 Å². The third-order valence-corrected chi connectivity index (χ3v) is 3.24. The van der Waals surface area contributed by atoms with Crippen LogP contribution in [0.5, 0.6) is 0 Å². The van der Waals surface area contributed by atoms with Crippen molar-refractivity contribution in [2.24, 2.45) is 5.92 Å². The molecule has 0 aliphatic heterocycles. The molecule has 1 atom stereocenters. The van der Waals surface area contributed by atoms with E-state index in [-0.39, 0.29) is 12.2 Å². The second-order valence-electron chi connectivity index (χ2n) is 4.53. The van der Waals surface area contributed by atoms with Gasteiger partial charge in [0.2, 0.25) is 0 Å². The molecule has 0 amide bonds. The van der Waals surface area contributed by atoms with Crippen LogP contribution in [-0.4, -0.2) is 18.9 Å². The Morgan fingerprint density at radius 1 is 1.20 bits per heavy atom. The maximum atomic E-state index is 12.4. The lowest BCUT2D eigenvalue weighted by Crippen LogP contribution is -2.25. The Kier molecular flexibility index (Phi) is 4.31. The minimum absolute atomic E-state index is 0.234.